The molecule has 0 bridgehead atoms. The van der Waals surface area contributed by atoms with Gasteiger partial charge in [0.1, 0.15) is 21.9 Å². The summed E-state index contributed by atoms with van der Waals surface area (Å²) in [6.07, 6.45) is 2.06. The monoisotopic (exact) mass is 482 g/mol. The maximum Gasteiger partial charge on any atom is 0.324 e. The van der Waals surface area contributed by atoms with E-state index in [1.165, 1.54) is 18.9 Å². The van der Waals surface area contributed by atoms with Crippen molar-refractivity contribution in [1.29, 1.82) is 0 Å². The second kappa shape index (κ2) is 10.3. The van der Waals surface area contributed by atoms with Crippen LogP contribution >= 0.6 is 47.4 Å². The quantitative estimate of drug-likeness (QED) is 0.261. The first-order valence-corrected chi connectivity index (χ1v) is 10.6. The van der Waals surface area contributed by atoms with E-state index in [9.17, 15) is 9.59 Å². The van der Waals surface area contributed by atoms with Crippen molar-refractivity contribution in [3.8, 4) is 11.5 Å². The van der Waals surface area contributed by atoms with E-state index < -0.39 is 12.0 Å². The molecule has 1 fully saturated rings. The van der Waals surface area contributed by atoms with E-state index in [2.05, 4.69) is 10.2 Å². The third-order valence-corrected chi connectivity index (χ3v) is 5.87. The van der Waals surface area contributed by atoms with Gasteiger partial charge in [0.25, 0.3) is 5.91 Å². The van der Waals surface area contributed by atoms with Crippen LogP contribution in [0.3, 0.4) is 0 Å². The zero-order valence-corrected chi connectivity index (χ0v) is 18.8. The molecule has 1 amide bonds. The first-order valence-electron chi connectivity index (χ1n) is 8.65. The summed E-state index contributed by atoms with van der Waals surface area (Å²) in [5.74, 6) is 0.472. The molecule has 0 saturated carbocycles. The summed E-state index contributed by atoms with van der Waals surface area (Å²) in [6, 6.07) is 11.8. The molecule has 1 aliphatic rings. The molecule has 1 atom stereocenters. The molecule has 0 aliphatic carbocycles. The smallest absolute Gasteiger partial charge is 0.324 e. The van der Waals surface area contributed by atoms with Gasteiger partial charge in [-0.1, -0.05) is 47.7 Å². The van der Waals surface area contributed by atoms with Gasteiger partial charge in [0.15, 0.2) is 0 Å². The fourth-order valence-corrected chi connectivity index (χ4v) is 4.05. The van der Waals surface area contributed by atoms with Gasteiger partial charge in [-0.15, -0.1) is 0 Å². The van der Waals surface area contributed by atoms with Crippen LogP contribution < -0.4 is 14.9 Å². The molecule has 2 aromatic rings. The minimum absolute atomic E-state index is 0.236. The van der Waals surface area contributed by atoms with Gasteiger partial charge < -0.3 is 14.8 Å². The number of ether oxygens (including phenoxy) is 2. The van der Waals surface area contributed by atoms with Crippen LogP contribution in [0.1, 0.15) is 11.1 Å². The Morgan fingerprint density at radius 2 is 1.97 bits per heavy atom. The Labute approximate surface area is 193 Å². The lowest BCUT2D eigenvalue weighted by molar-refractivity contribution is -0.142. The fourth-order valence-electron chi connectivity index (χ4n) is 2.62. The minimum atomic E-state index is -0.640. The van der Waals surface area contributed by atoms with Crippen LogP contribution in [0.15, 0.2) is 47.4 Å². The van der Waals surface area contributed by atoms with Crippen LogP contribution in [0.2, 0.25) is 5.02 Å². The maximum absolute atomic E-state index is 11.8. The fraction of sp³-hybridized carbons (Fsp3) is 0.150. The number of hydrogen-bond acceptors (Lipinski definition) is 7. The van der Waals surface area contributed by atoms with Crippen molar-refractivity contribution in [3.63, 3.8) is 0 Å². The molecule has 2 N–H and O–H groups in total. The van der Waals surface area contributed by atoms with Gasteiger partial charge in [-0.05, 0) is 65.7 Å². The second-order valence-electron chi connectivity index (χ2n) is 6.17. The number of esters is 1. The molecule has 6 nitrogen and oxygen atoms in total. The summed E-state index contributed by atoms with van der Waals surface area (Å²) < 4.78 is 11.0. The molecule has 1 heterocycles. The average Bonchev–Trinajstić information content (AvgIpc) is 3.05. The van der Waals surface area contributed by atoms with Crippen molar-refractivity contribution < 1.29 is 19.1 Å². The Kier molecular flexibility index (Phi) is 7.74. The maximum atomic E-state index is 11.8. The molecule has 156 valence electrons. The predicted molar refractivity (Wildman–Crippen MR) is 123 cm³/mol. The number of nitrogens with one attached hydrogen (secondary N) is 2. The lowest BCUT2D eigenvalue weighted by atomic mass is 10.1. The highest BCUT2D eigenvalue weighted by molar-refractivity contribution is 8.26. The highest BCUT2D eigenvalue weighted by Crippen LogP contribution is 2.31. The Balaban J connectivity index is 1.67. The summed E-state index contributed by atoms with van der Waals surface area (Å²) in [6.45, 7) is 0. The van der Waals surface area contributed by atoms with E-state index in [-0.39, 0.29) is 5.91 Å². The Morgan fingerprint density at radius 3 is 2.53 bits per heavy atom. The van der Waals surface area contributed by atoms with Gasteiger partial charge in [-0.3, -0.25) is 9.59 Å². The zero-order chi connectivity index (χ0) is 21.7. The number of carbonyl (C=O) groups is 2. The number of carbonyl (C=O) groups excluding carboxylic acids is 2. The van der Waals surface area contributed by atoms with Crippen LogP contribution in [0.25, 0.3) is 6.08 Å². The van der Waals surface area contributed by atoms with Crippen molar-refractivity contribution in [3.05, 3.63) is 63.5 Å². The minimum Gasteiger partial charge on any atom is -0.468 e. The molecule has 0 unspecified atom stereocenters. The van der Waals surface area contributed by atoms with E-state index >= 15 is 0 Å². The van der Waals surface area contributed by atoms with Crippen LogP contribution in [0.5, 0.6) is 11.5 Å². The number of halogens is 2. The van der Waals surface area contributed by atoms with Gasteiger partial charge in [-0.2, -0.15) is 0 Å². The summed E-state index contributed by atoms with van der Waals surface area (Å²) in [4.78, 5) is 26.3. The van der Waals surface area contributed by atoms with E-state index in [0.717, 1.165) is 5.56 Å². The molecule has 30 heavy (non-hydrogen) atoms. The van der Waals surface area contributed by atoms with E-state index in [4.69, 9.17) is 45.1 Å². The first kappa shape index (κ1) is 22.6. The molecule has 10 heteroatoms. The van der Waals surface area contributed by atoms with Crippen molar-refractivity contribution in [2.24, 2.45) is 0 Å². The van der Waals surface area contributed by atoms with Crippen molar-refractivity contribution in [2.75, 3.05) is 7.11 Å². The number of amides is 1. The summed E-state index contributed by atoms with van der Waals surface area (Å²) >= 11 is 18.1. The Hall–Kier alpha value is -2.10. The predicted octanol–water partition coefficient (Wildman–Crippen LogP) is 4.45. The first-order chi connectivity index (χ1) is 14.4. The third kappa shape index (κ3) is 5.74. The van der Waals surface area contributed by atoms with Crippen molar-refractivity contribution in [2.45, 2.75) is 12.5 Å². The van der Waals surface area contributed by atoms with Gasteiger partial charge in [0.05, 0.1) is 17.0 Å². The van der Waals surface area contributed by atoms with Crippen LogP contribution in [0.4, 0.5) is 0 Å². The van der Waals surface area contributed by atoms with Crippen LogP contribution in [0, 0.1) is 0 Å². The zero-order valence-electron chi connectivity index (χ0n) is 15.6. The number of thiocarbonyl (C=S) groups is 1. The van der Waals surface area contributed by atoms with E-state index in [0.29, 0.717) is 37.7 Å². The normalized spacial score (nSPS) is 15.8. The van der Waals surface area contributed by atoms with Gasteiger partial charge in [-0.25, -0.2) is 4.84 Å². The highest BCUT2D eigenvalue weighted by atomic mass is 35.5. The number of benzene rings is 2. The SMILES string of the molecule is COC(=O)[C@H](Cc1ccc(Oc2ccc(/C=C3\SC(=S)NC3=O)c(Cl)c2)cc1)NCl. The summed E-state index contributed by atoms with van der Waals surface area (Å²) in [5.41, 5.74) is 1.57. The van der Waals surface area contributed by atoms with Gasteiger partial charge in [0, 0.05) is 0 Å². The molecule has 0 aromatic heterocycles. The molecule has 2 aromatic carbocycles. The lowest BCUT2D eigenvalue weighted by Crippen LogP contribution is -2.33. The molecular formula is C20H16Cl2N2O4S2. The van der Waals surface area contributed by atoms with E-state index in [1.807, 2.05) is 12.1 Å². The van der Waals surface area contributed by atoms with Gasteiger partial charge >= 0.3 is 5.97 Å². The van der Waals surface area contributed by atoms with Gasteiger partial charge in [0.2, 0.25) is 0 Å². The standard InChI is InChI=1S/C20H16Cl2N2O4S2/c1-27-19(26)16(24-22)8-11-2-5-13(6-3-11)28-14-7-4-12(15(21)10-14)9-17-18(25)23-20(29)30-17/h2-7,9-10,16,24H,8H2,1H3,(H,23,25,29)/b17-9-/t16-/m0/s1. The number of methoxy groups -OCH3 is 1. The topological polar surface area (TPSA) is 76.7 Å². The molecule has 0 radical (unpaired) electrons. The molecular weight excluding hydrogens is 467 g/mol. The highest BCUT2D eigenvalue weighted by Gasteiger charge is 2.22. The Morgan fingerprint density at radius 1 is 1.27 bits per heavy atom. The molecule has 3 rings (SSSR count). The molecule has 1 saturated heterocycles. The largest absolute Gasteiger partial charge is 0.468 e. The second-order valence-corrected chi connectivity index (χ2v) is 8.51. The average molecular weight is 483 g/mol. The van der Waals surface area contributed by atoms with Crippen molar-refractivity contribution in [1.82, 2.24) is 10.2 Å². The number of hydrogen-bond donors (Lipinski definition) is 2. The van der Waals surface area contributed by atoms with E-state index in [1.54, 1.807) is 36.4 Å². The van der Waals surface area contributed by atoms with Crippen molar-refractivity contribution >= 4 is 69.6 Å². The van der Waals surface area contributed by atoms with Crippen LogP contribution in [-0.4, -0.2) is 29.3 Å². The summed E-state index contributed by atoms with van der Waals surface area (Å²) in [7, 11) is 1.31. The summed E-state index contributed by atoms with van der Waals surface area (Å²) in [5, 5.41) is 3.00. The van der Waals surface area contributed by atoms with Crippen LogP contribution in [-0.2, 0) is 20.7 Å². The molecule has 1 aliphatic heterocycles. The Bertz CT molecular complexity index is 1010. The third-order valence-electron chi connectivity index (χ3n) is 4.12. The molecule has 0 spiro atoms. The number of rotatable bonds is 7. The number of thioether (sulfide) groups is 1. The lowest BCUT2D eigenvalue weighted by Gasteiger charge is -2.13.